The van der Waals surface area contributed by atoms with Crippen molar-refractivity contribution in [3.8, 4) is 0 Å². The van der Waals surface area contributed by atoms with Gasteiger partial charge < -0.3 is 5.32 Å². The highest BCUT2D eigenvalue weighted by Gasteiger charge is 2.32. The Kier molecular flexibility index (Phi) is 5.44. The first-order valence-electron chi connectivity index (χ1n) is 7.89. The molecule has 1 aliphatic carbocycles. The number of thioether (sulfide) groups is 1. The van der Waals surface area contributed by atoms with E-state index in [1.54, 1.807) is 0 Å². The molecule has 0 aromatic rings. The van der Waals surface area contributed by atoms with Crippen molar-refractivity contribution in [1.82, 2.24) is 5.32 Å². The van der Waals surface area contributed by atoms with Crippen molar-refractivity contribution in [3.05, 3.63) is 0 Å². The topological polar surface area (TPSA) is 12.0 Å². The molecule has 2 heteroatoms. The summed E-state index contributed by atoms with van der Waals surface area (Å²) in [6, 6.07) is 0.734. The molecule has 1 heterocycles. The van der Waals surface area contributed by atoms with Gasteiger partial charge in [0.25, 0.3) is 0 Å². The molecule has 1 saturated carbocycles. The Balaban J connectivity index is 1.68. The molecule has 3 unspecified atom stereocenters. The van der Waals surface area contributed by atoms with E-state index in [1.165, 1.54) is 56.6 Å². The Hall–Kier alpha value is 0.310. The molecule has 0 spiro atoms. The predicted octanol–water partition coefficient (Wildman–Crippen LogP) is 4.32. The van der Waals surface area contributed by atoms with Crippen LogP contribution in [0.25, 0.3) is 0 Å². The van der Waals surface area contributed by atoms with E-state index in [0.29, 0.717) is 5.41 Å². The molecule has 2 fully saturated rings. The fourth-order valence-electron chi connectivity index (χ4n) is 3.56. The van der Waals surface area contributed by atoms with Gasteiger partial charge in [-0.05, 0) is 48.8 Å². The van der Waals surface area contributed by atoms with E-state index in [0.717, 1.165) is 17.9 Å². The van der Waals surface area contributed by atoms with Crippen LogP contribution in [0.2, 0.25) is 0 Å². The Morgan fingerprint density at radius 1 is 1.28 bits per heavy atom. The lowest BCUT2D eigenvalue weighted by Gasteiger charge is -2.39. The largest absolute Gasteiger partial charge is 0.313 e. The van der Waals surface area contributed by atoms with Crippen LogP contribution in [-0.4, -0.2) is 24.1 Å². The lowest BCUT2D eigenvalue weighted by molar-refractivity contribution is 0.227. The van der Waals surface area contributed by atoms with Crippen molar-refractivity contribution in [2.45, 2.75) is 65.3 Å². The summed E-state index contributed by atoms with van der Waals surface area (Å²) < 4.78 is 0. The standard InChI is InChI=1S/C16H31NS/c1-13-5-4-6-14(11-13)7-9-17-15-12-18-10-8-16(15,2)3/h13-15,17H,4-12H2,1-3H3. The minimum atomic E-state index is 0.505. The van der Waals surface area contributed by atoms with Crippen LogP contribution in [0, 0.1) is 17.3 Å². The zero-order valence-corrected chi connectivity index (χ0v) is 13.3. The van der Waals surface area contributed by atoms with Gasteiger partial charge in [-0.3, -0.25) is 0 Å². The first-order chi connectivity index (χ1) is 8.58. The molecule has 1 aliphatic heterocycles. The van der Waals surface area contributed by atoms with Crippen LogP contribution >= 0.6 is 11.8 Å². The van der Waals surface area contributed by atoms with Crippen LogP contribution in [0.3, 0.4) is 0 Å². The highest BCUT2D eigenvalue weighted by Crippen LogP contribution is 2.34. The lowest BCUT2D eigenvalue weighted by Crippen LogP contribution is -2.47. The van der Waals surface area contributed by atoms with Crippen molar-refractivity contribution in [3.63, 3.8) is 0 Å². The molecule has 1 N–H and O–H groups in total. The van der Waals surface area contributed by atoms with Crippen LogP contribution in [-0.2, 0) is 0 Å². The first-order valence-corrected chi connectivity index (χ1v) is 9.04. The molecule has 0 aromatic carbocycles. The summed E-state index contributed by atoms with van der Waals surface area (Å²) in [7, 11) is 0. The molecule has 3 atom stereocenters. The van der Waals surface area contributed by atoms with E-state index >= 15 is 0 Å². The number of hydrogen-bond acceptors (Lipinski definition) is 2. The summed E-state index contributed by atoms with van der Waals surface area (Å²) in [6.45, 7) is 8.55. The number of hydrogen-bond donors (Lipinski definition) is 1. The molecule has 106 valence electrons. The summed E-state index contributed by atoms with van der Waals surface area (Å²) >= 11 is 2.13. The normalized spacial score (nSPS) is 36.5. The summed E-state index contributed by atoms with van der Waals surface area (Å²) in [5, 5.41) is 3.85. The van der Waals surface area contributed by atoms with E-state index in [4.69, 9.17) is 0 Å². The van der Waals surface area contributed by atoms with Crippen LogP contribution in [0.1, 0.15) is 59.3 Å². The van der Waals surface area contributed by atoms with Gasteiger partial charge in [-0.15, -0.1) is 0 Å². The van der Waals surface area contributed by atoms with Crippen LogP contribution in [0.4, 0.5) is 0 Å². The lowest BCUT2D eigenvalue weighted by atomic mass is 9.80. The average molecular weight is 269 g/mol. The van der Waals surface area contributed by atoms with Crippen LogP contribution in [0.5, 0.6) is 0 Å². The van der Waals surface area contributed by atoms with Gasteiger partial charge in [-0.2, -0.15) is 11.8 Å². The molecule has 0 radical (unpaired) electrons. The molecular formula is C16H31NS. The quantitative estimate of drug-likeness (QED) is 0.815. The third-order valence-electron chi connectivity index (χ3n) is 5.11. The average Bonchev–Trinajstić information content (AvgIpc) is 2.31. The number of nitrogens with one attached hydrogen (secondary N) is 1. The Bertz CT molecular complexity index is 251. The third-order valence-corrected chi connectivity index (χ3v) is 6.17. The van der Waals surface area contributed by atoms with E-state index in [2.05, 4.69) is 37.8 Å². The molecule has 2 rings (SSSR count). The molecule has 0 amide bonds. The minimum Gasteiger partial charge on any atom is -0.313 e. The van der Waals surface area contributed by atoms with Gasteiger partial charge in [-0.25, -0.2) is 0 Å². The van der Waals surface area contributed by atoms with E-state index in [-0.39, 0.29) is 0 Å². The first kappa shape index (κ1) is 14.7. The molecule has 1 nitrogen and oxygen atoms in total. The van der Waals surface area contributed by atoms with E-state index < -0.39 is 0 Å². The summed E-state index contributed by atoms with van der Waals surface area (Å²) in [4.78, 5) is 0. The summed E-state index contributed by atoms with van der Waals surface area (Å²) in [6.07, 6.45) is 8.67. The zero-order valence-electron chi connectivity index (χ0n) is 12.5. The smallest absolute Gasteiger partial charge is 0.0209 e. The highest BCUT2D eigenvalue weighted by atomic mass is 32.2. The maximum Gasteiger partial charge on any atom is 0.0209 e. The molecule has 0 bridgehead atoms. The molecule has 0 aromatic heterocycles. The minimum absolute atomic E-state index is 0.505. The zero-order chi connectivity index (χ0) is 13.0. The molecule has 1 saturated heterocycles. The van der Waals surface area contributed by atoms with Crippen LogP contribution in [0.15, 0.2) is 0 Å². The van der Waals surface area contributed by atoms with E-state index in [9.17, 15) is 0 Å². The van der Waals surface area contributed by atoms with Gasteiger partial charge in [-0.1, -0.05) is 40.0 Å². The fraction of sp³-hybridized carbons (Fsp3) is 1.00. The predicted molar refractivity (Wildman–Crippen MR) is 83.3 cm³/mol. The fourth-order valence-corrected chi connectivity index (χ4v) is 5.20. The van der Waals surface area contributed by atoms with Crippen LogP contribution < -0.4 is 5.32 Å². The second kappa shape index (κ2) is 6.65. The van der Waals surface area contributed by atoms with Crippen molar-refractivity contribution in [2.24, 2.45) is 17.3 Å². The van der Waals surface area contributed by atoms with Gasteiger partial charge >= 0.3 is 0 Å². The van der Waals surface area contributed by atoms with Crippen molar-refractivity contribution in [2.75, 3.05) is 18.1 Å². The van der Waals surface area contributed by atoms with Gasteiger partial charge in [0.15, 0.2) is 0 Å². The SMILES string of the molecule is CC1CCCC(CCNC2CSCCC2(C)C)C1. The number of rotatable bonds is 4. The second-order valence-electron chi connectivity index (χ2n) is 7.25. The molecular weight excluding hydrogens is 238 g/mol. The Morgan fingerprint density at radius 2 is 2.11 bits per heavy atom. The summed E-state index contributed by atoms with van der Waals surface area (Å²) in [5.41, 5.74) is 0.505. The highest BCUT2D eigenvalue weighted by molar-refractivity contribution is 7.99. The monoisotopic (exact) mass is 269 g/mol. The van der Waals surface area contributed by atoms with E-state index in [1.807, 2.05) is 0 Å². The van der Waals surface area contributed by atoms with Gasteiger partial charge in [0.05, 0.1) is 0 Å². The molecule has 18 heavy (non-hydrogen) atoms. The summed E-state index contributed by atoms with van der Waals surface area (Å²) in [5.74, 6) is 4.64. The van der Waals surface area contributed by atoms with Crippen molar-refractivity contribution >= 4 is 11.8 Å². The van der Waals surface area contributed by atoms with Gasteiger partial charge in [0.2, 0.25) is 0 Å². The second-order valence-corrected chi connectivity index (χ2v) is 8.40. The molecule has 2 aliphatic rings. The van der Waals surface area contributed by atoms with Gasteiger partial charge in [0, 0.05) is 11.8 Å². The van der Waals surface area contributed by atoms with Gasteiger partial charge in [0.1, 0.15) is 0 Å². The van der Waals surface area contributed by atoms with Crippen molar-refractivity contribution < 1.29 is 0 Å². The third kappa shape index (κ3) is 4.16. The maximum absolute atomic E-state index is 3.85. The Labute approximate surface area is 118 Å². The Morgan fingerprint density at radius 3 is 2.83 bits per heavy atom. The van der Waals surface area contributed by atoms with Crippen molar-refractivity contribution in [1.29, 1.82) is 0 Å². The maximum atomic E-state index is 3.85.